The van der Waals surface area contributed by atoms with Crippen LogP contribution in [-0.4, -0.2) is 75.9 Å². The number of thioether (sulfide) groups is 1. The van der Waals surface area contributed by atoms with Crippen molar-refractivity contribution in [2.75, 3.05) is 55.8 Å². The molecule has 0 unspecified atom stereocenters. The van der Waals surface area contributed by atoms with E-state index >= 15 is 0 Å². The summed E-state index contributed by atoms with van der Waals surface area (Å²) < 4.78 is 3.05. The number of allylic oxidation sites excluding steroid dienone is 3. The van der Waals surface area contributed by atoms with Gasteiger partial charge in [-0.15, -0.1) is 16.8 Å². The van der Waals surface area contributed by atoms with Crippen LogP contribution in [0.5, 0.6) is 0 Å². The van der Waals surface area contributed by atoms with Crippen LogP contribution < -0.4 is 4.90 Å². The second kappa shape index (κ2) is 8.69. The van der Waals surface area contributed by atoms with Crippen molar-refractivity contribution in [2.24, 2.45) is 0 Å². The monoisotopic (exact) mass is 496 g/mol. The molecule has 0 aliphatic carbocycles. The first-order chi connectivity index (χ1) is 17.7. The maximum atomic E-state index is 13.2. The highest BCUT2D eigenvalue weighted by Crippen LogP contribution is 2.39. The molecular weight excluding hydrogens is 466 g/mol. The quantitative estimate of drug-likeness (QED) is 0.502. The number of piperazine rings is 1. The molecule has 1 amide bonds. The highest BCUT2D eigenvalue weighted by atomic mass is 32.2. The van der Waals surface area contributed by atoms with Crippen molar-refractivity contribution in [3.8, 4) is 5.69 Å². The molecule has 0 N–H and O–H groups in total. The molecule has 4 aliphatic rings. The van der Waals surface area contributed by atoms with Crippen LogP contribution in [-0.2, 0) is 4.79 Å². The predicted octanol–water partition coefficient (Wildman–Crippen LogP) is 4.37. The topological polar surface area (TPSA) is 31.7 Å². The lowest BCUT2D eigenvalue weighted by atomic mass is 10.2. The summed E-state index contributed by atoms with van der Waals surface area (Å²) in [5, 5.41) is 3.80. The van der Waals surface area contributed by atoms with Gasteiger partial charge in [-0.1, -0.05) is 36.4 Å². The average molecular weight is 497 g/mol. The zero-order valence-electron chi connectivity index (χ0n) is 20.3. The second-order valence-electron chi connectivity index (χ2n) is 9.87. The Bertz CT molecular complexity index is 1410. The van der Waals surface area contributed by atoms with E-state index in [2.05, 4.69) is 99.6 Å². The molecule has 1 aromatic heterocycles. The molecule has 0 saturated carbocycles. The maximum absolute atomic E-state index is 13.2. The van der Waals surface area contributed by atoms with Crippen molar-refractivity contribution in [1.82, 2.24) is 14.5 Å². The number of quaternary nitrogens is 1. The van der Waals surface area contributed by atoms with E-state index in [-0.39, 0.29) is 5.91 Å². The van der Waals surface area contributed by atoms with Gasteiger partial charge in [0.25, 0.3) is 5.91 Å². The number of carbonyl (C=O) groups is 1. The normalized spacial score (nSPS) is 23.9. The number of benzene rings is 2. The van der Waals surface area contributed by atoms with Crippen LogP contribution in [0, 0.1) is 0 Å². The van der Waals surface area contributed by atoms with Gasteiger partial charge in [-0.3, -0.25) is 9.36 Å². The summed E-state index contributed by atoms with van der Waals surface area (Å²) in [4.78, 5) is 17.7. The summed E-state index contributed by atoms with van der Waals surface area (Å²) >= 11 is 1.84. The number of aromatic nitrogens is 1. The largest absolute Gasteiger partial charge is 0.355 e. The minimum Gasteiger partial charge on any atom is -0.355 e. The van der Waals surface area contributed by atoms with Gasteiger partial charge in [0.2, 0.25) is 0 Å². The summed E-state index contributed by atoms with van der Waals surface area (Å²) in [6.07, 6.45) is 8.74. The molecule has 0 radical (unpaired) electrons. The van der Waals surface area contributed by atoms with Gasteiger partial charge in [0.1, 0.15) is 18.6 Å². The Morgan fingerprint density at radius 1 is 0.917 bits per heavy atom. The fraction of sp³-hybridized carbons (Fsp3) is 0.276. The molecule has 6 nitrogen and oxygen atoms in total. The number of nitrogens with zero attached hydrogens (tertiary/aromatic N) is 5. The zero-order chi connectivity index (χ0) is 24.1. The van der Waals surface area contributed by atoms with Crippen molar-refractivity contribution >= 4 is 34.4 Å². The molecule has 2 saturated heterocycles. The van der Waals surface area contributed by atoms with E-state index in [0.29, 0.717) is 4.59 Å². The van der Waals surface area contributed by atoms with E-state index in [1.807, 2.05) is 16.7 Å². The Balaban J connectivity index is 1.13. The van der Waals surface area contributed by atoms with Gasteiger partial charge in [0, 0.05) is 48.6 Å². The van der Waals surface area contributed by atoms with Crippen molar-refractivity contribution < 1.29 is 9.39 Å². The van der Waals surface area contributed by atoms with Crippen LogP contribution in [0.15, 0.2) is 96.4 Å². The van der Waals surface area contributed by atoms with Gasteiger partial charge >= 0.3 is 0 Å². The Hall–Kier alpha value is -3.26. The predicted molar refractivity (Wildman–Crippen MR) is 147 cm³/mol. The number of anilines is 1. The number of amides is 1. The van der Waals surface area contributed by atoms with E-state index in [1.54, 1.807) is 0 Å². The number of carbonyl (C=O) groups excluding carboxylic acids is 1. The van der Waals surface area contributed by atoms with Crippen LogP contribution in [0.2, 0.25) is 0 Å². The van der Waals surface area contributed by atoms with Gasteiger partial charge in [-0.05, 0) is 30.3 Å². The molecule has 36 heavy (non-hydrogen) atoms. The van der Waals surface area contributed by atoms with Gasteiger partial charge in [0.15, 0.2) is 5.70 Å². The van der Waals surface area contributed by atoms with Gasteiger partial charge in [-0.25, -0.2) is 0 Å². The molecule has 3 aromatic rings. The molecule has 5 heterocycles. The van der Waals surface area contributed by atoms with E-state index in [4.69, 9.17) is 0 Å². The lowest BCUT2D eigenvalue weighted by Crippen LogP contribution is -2.60. The highest BCUT2D eigenvalue weighted by molar-refractivity contribution is 7.99. The second-order valence-corrected chi connectivity index (χ2v) is 10.9. The van der Waals surface area contributed by atoms with E-state index in [9.17, 15) is 4.79 Å². The minimum atomic E-state index is 0.215. The number of fused-ring (bicyclic) bond motifs is 2. The van der Waals surface area contributed by atoms with Crippen molar-refractivity contribution in [1.29, 1.82) is 0 Å². The van der Waals surface area contributed by atoms with Crippen LogP contribution in [0.25, 0.3) is 16.6 Å². The third-order valence-corrected chi connectivity index (χ3v) is 8.85. The first kappa shape index (κ1) is 22.0. The SMILES string of the molecule is O=C(C1=CC2=CC=C[N@@+]2(N2CCN(c3cc4ccccc4n3-c3ccccc3)CC2)C1)N1CCSC1. The molecule has 2 aromatic carbocycles. The fourth-order valence-corrected chi connectivity index (χ4v) is 7.00. The standard InChI is InChI=1S/C29H30N5OS/c35-29(31-16-18-36-22-31)24-19-26-10-6-17-34(26,21-24)32-14-12-30(13-15-32)28-20-23-7-4-5-11-27(23)33(28)25-8-2-1-3-9-25/h1-11,17,19-20H,12-16,18,21-22H2/q+1/t34-/m1/s1. The highest BCUT2D eigenvalue weighted by Gasteiger charge is 2.48. The van der Waals surface area contributed by atoms with Gasteiger partial charge in [-0.2, -0.15) is 4.59 Å². The summed E-state index contributed by atoms with van der Waals surface area (Å²) in [5.41, 5.74) is 4.59. The van der Waals surface area contributed by atoms with Crippen LogP contribution in [0.1, 0.15) is 0 Å². The number of hydrogen-bond acceptors (Lipinski definition) is 4. The van der Waals surface area contributed by atoms with E-state index < -0.39 is 0 Å². The number of rotatable bonds is 4. The smallest absolute Gasteiger partial charge is 0.256 e. The molecule has 7 rings (SSSR count). The fourth-order valence-electron chi connectivity index (χ4n) is 6.05. The molecule has 182 valence electrons. The minimum absolute atomic E-state index is 0.215. The van der Waals surface area contributed by atoms with Crippen molar-refractivity contribution in [3.63, 3.8) is 0 Å². The average Bonchev–Trinajstić information content (AvgIpc) is 3.71. The molecule has 0 spiro atoms. The lowest BCUT2D eigenvalue weighted by molar-refractivity contribution is -0.948. The van der Waals surface area contributed by atoms with E-state index in [1.165, 1.54) is 28.1 Å². The van der Waals surface area contributed by atoms with Gasteiger partial charge < -0.3 is 9.80 Å². The van der Waals surface area contributed by atoms with Crippen LogP contribution >= 0.6 is 11.8 Å². The molecular formula is C29H30N5OS+. The summed E-state index contributed by atoms with van der Waals surface area (Å²) in [6, 6.07) is 21.6. The molecule has 2 fully saturated rings. The van der Waals surface area contributed by atoms with Crippen molar-refractivity contribution in [3.05, 3.63) is 96.4 Å². The Labute approximate surface area is 215 Å². The summed E-state index contributed by atoms with van der Waals surface area (Å²) in [6.45, 7) is 5.35. The van der Waals surface area contributed by atoms with Crippen molar-refractivity contribution in [2.45, 2.75) is 0 Å². The van der Waals surface area contributed by atoms with E-state index in [0.717, 1.165) is 56.5 Å². The number of para-hydroxylation sites is 2. The first-order valence-electron chi connectivity index (χ1n) is 12.7. The molecule has 0 bridgehead atoms. The summed E-state index contributed by atoms with van der Waals surface area (Å²) in [7, 11) is 0. The van der Waals surface area contributed by atoms with Crippen LogP contribution in [0.3, 0.4) is 0 Å². The Morgan fingerprint density at radius 3 is 2.53 bits per heavy atom. The Morgan fingerprint density at radius 2 is 1.72 bits per heavy atom. The van der Waals surface area contributed by atoms with Crippen LogP contribution in [0.4, 0.5) is 5.82 Å². The molecule has 7 heteroatoms. The lowest BCUT2D eigenvalue weighted by Gasteiger charge is -2.44. The third kappa shape index (κ3) is 3.45. The summed E-state index contributed by atoms with van der Waals surface area (Å²) in [5.74, 6) is 3.33. The van der Waals surface area contributed by atoms with Gasteiger partial charge in [0.05, 0.1) is 30.1 Å². The zero-order valence-corrected chi connectivity index (χ0v) is 21.1. The first-order valence-corrected chi connectivity index (χ1v) is 13.9. The number of hydrogen-bond donors (Lipinski definition) is 0. The third-order valence-electron chi connectivity index (χ3n) is 7.89. The maximum Gasteiger partial charge on any atom is 0.256 e. The molecule has 4 aliphatic heterocycles. The Kier molecular flexibility index (Phi) is 5.31. The molecule has 1 atom stereocenters.